The Labute approximate surface area is 170 Å². The summed E-state index contributed by atoms with van der Waals surface area (Å²) in [6, 6.07) is 4.10. The van der Waals surface area contributed by atoms with Gasteiger partial charge in [0.05, 0.1) is 18.3 Å². The van der Waals surface area contributed by atoms with Crippen molar-refractivity contribution in [2.24, 2.45) is 0 Å². The predicted molar refractivity (Wildman–Crippen MR) is 114 cm³/mol. The number of ether oxygens (including phenoxy) is 2. The van der Waals surface area contributed by atoms with Crippen LogP contribution in [0.2, 0.25) is 0 Å². The lowest BCUT2D eigenvalue weighted by atomic mass is 9.91. The molecule has 5 nitrogen and oxygen atoms in total. The zero-order valence-electron chi connectivity index (χ0n) is 18.1. The number of nitrogens with zero attached hydrogens (tertiary/aromatic N) is 2. The van der Waals surface area contributed by atoms with E-state index in [1.54, 1.807) is 0 Å². The minimum Gasteiger partial charge on any atom is -0.393 e. The first-order valence-electron chi connectivity index (χ1n) is 10.7. The van der Waals surface area contributed by atoms with Gasteiger partial charge in [-0.15, -0.1) is 0 Å². The number of piperidine rings is 1. The highest BCUT2D eigenvalue weighted by Crippen LogP contribution is 2.28. The maximum atomic E-state index is 9.38. The summed E-state index contributed by atoms with van der Waals surface area (Å²) >= 11 is 0. The number of pyridine rings is 1. The van der Waals surface area contributed by atoms with Crippen molar-refractivity contribution >= 4 is 5.69 Å². The first-order chi connectivity index (χ1) is 13.4. The van der Waals surface area contributed by atoms with Crippen molar-refractivity contribution in [3.05, 3.63) is 24.0 Å². The van der Waals surface area contributed by atoms with E-state index in [1.165, 1.54) is 0 Å². The number of aliphatic hydroxyl groups is 1. The third-order valence-corrected chi connectivity index (χ3v) is 5.00. The lowest BCUT2D eigenvalue weighted by molar-refractivity contribution is -0.108. The molecular formula is C23H36N2O3. The van der Waals surface area contributed by atoms with Crippen LogP contribution in [0.15, 0.2) is 18.3 Å². The van der Waals surface area contributed by atoms with Gasteiger partial charge >= 0.3 is 0 Å². The maximum absolute atomic E-state index is 9.38. The molecule has 5 heteroatoms. The molecule has 0 atom stereocenters. The second kappa shape index (κ2) is 10.8. The van der Waals surface area contributed by atoms with Crippen molar-refractivity contribution in [3.63, 3.8) is 0 Å². The van der Waals surface area contributed by atoms with Gasteiger partial charge in [0.15, 0.2) is 0 Å². The fourth-order valence-corrected chi connectivity index (χ4v) is 3.47. The van der Waals surface area contributed by atoms with Crippen LogP contribution in [0.25, 0.3) is 0 Å². The number of aliphatic hydroxyl groups excluding tert-OH is 1. The molecule has 1 aliphatic carbocycles. The summed E-state index contributed by atoms with van der Waals surface area (Å²) < 4.78 is 11.7. The molecule has 0 amide bonds. The number of rotatable bonds is 5. The van der Waals surface area contributed by atoms with E-state index in [2.05, 4.69) is 27.8 Å². The van der Waals surface area contributed by atoms with Crippen molar-refractivity contribution < 1.29 is 14.6 Å². The third kappa shape index (κ3) is 6.77. The van der Waals surface area contributed by atoms with Gasteiger partial charge in [-0.3, -0.25) is 0 Å². The summed E-state index contributed by atoms with van der Waals surface area (Å²) in [5, 5.41) is 9.38. The molecule has 0 unspecified atom stereocenters. The number of aromatic nitrogens is 1. The van der Waals surface area contributed by atoms with E-state index in [9.17, 15) is 5.11 Å². The van der Waals surface area contributed by atoms with E-state index in [-0.39, 0.29) is 12.2 Å². The molecule has 2 fully saturated rings. The molecule has 1 aromatic heterocycles. The molecule has 156 valence electrons. The molecule has 2 heterocycles. The normalized spacial score (nSPS) is 22.4. The zero-order valence-corrected chi connectivity index (χ0v) is 18.1. The van der Waals surface area contributed by atoms with E-state index in [0.29, 0.717) is 12.7 Å². The van der Waals surface area contributed by atoms with Gasteiger partial charge in [-0.05, 0) is 64.5 Å². The molecule has 2 aliphatic rings. The van der Waals surface area contributed by atoms with Crippen molar-refractivity contribution in [1.29, 1.82) is 0 Å². The molecule has 1 N–H and O–H groups in total. The van der Waals surface area contributed by atoms with E-state index in [0.717, 1.165) is 50.2 Å². The highest BCUT2D eigenvalue weighted by Gasteiger charge is 2.31. The second-order valence-electron chi connectivity index (χ2n) is 7.66. The van der Waals surface area contributed by atoms with Gasteiger partial charge in [-0.25, -0.2) is 4.98 Å². The second-order valence-corrected chi connectivity index (χ2v) is 7.66. The number of hydrogen-bond acceptors (Lipinski definition) is 5. The van der Waals surface area contributed by atoms with E-state index < -0.39 is 5.60 Å². The van der Waals surface area contributed by atoms with Crippen LogP contribution >= 0.6 is 0 Å². The lowest BCUT2D eigenvalue weighted by Gasteiger charge is -2.38. The molecule has 0 aromatic carbocycles. The van der Waals surface area contributed by atoms with Crippen molar-refractivity contribution in [2.75, 3.05) is 24.6 Å². The Kier molecular flexibility index (Phi) is 8.75. The summed E-state index contributed by atoms with van der Waals surface area (Å²) in [6.07, 6.45) is 5.89. The molecule has 0 bridgehead atoms. The Morgan fingerprint density at radius 2 is 1.89 bits per heavy atom. The minimum absolute atomic E-state index is 0.149. The summed E-state index contributed by atoms with van der Waals surface area (Å²) in [4.78, 5) is 6.74. The van der Waals surface area contributed by atoms with E-state index in [4.69, 9.17) is 9.47 Å². The van der Waals surface area contributed by atoms with E-state index >= 15 is 0 Å². The average molecular weight is 389 g/mol. The quantitative estimate of drug-likeness (QED) is 0.778. The Bertz CT molecular complexity index is 651. The van der Waals surface area contributed by atoms with Crippen molar-refractivity contribution in [3.8, 4) is 11.8 Å². The van der Waals surface area contributed by atoms with Gasteiger partial charge in [0.2, 0.25) is 0 Å². The Morgan fingerprint density at radius 1 is 1.21 bits per heavy atom. The SMILES string of the molecule is CC.CCOC(C)(C)C#Cc1cc(N2CCC(OC3CC(O)C3)CC2)ccn1. The molecule has 1 saturated carbocycles. The maximum Gasteiger partial charge on any atom is 0.123 e. The average Bonchev–Trinajstić information content (AvgIpc) is 2.68. The molecule has 1 saturated heterocycles. The molecular weight excluding hydrogens is 352 g/mol. The van der Waals surface area contributed by atoms with Gasteiger partial charge in [0.1, 0.15) is 11.3 Å². The van der Waals surface area contributed by atoms with Gasteiger partial charge < -0.3 is 19.5 Å². The number of anilines is 1. The Morgan fingerprint density at radius 3 is 2.50 bits per heavy atom. The fraction of sp³-hybridized carbons (Fsp3) is 0.696. The molecule has 1 aromatic rings. The van der Waals surface area contributed by atoms with Crippen LogP contribution in [0, 0.1) is 11.8 Å². The van der Waals surface area contributed by atoms with Gasteiger partial charge in [0.25, 0.3) is 0 Å². The minimum atomic E-state index is -0.461. The standard InChI is InChI=1S/C21H30N2O3.C2H6/c1-4-25-21(2,3)9-5-16-13-17(6-10-22-16)23-11-7-19(8-12-23)26-20-14-18(24)15-20;1-2/h6,10,13,18-20,24H,4,7-8,11-12,14-15H2,1-3H3;1-2H3. The van der Waals surface area contributed by atoms with Gasteiger partial charge in [0, 0.05) is 31.6 Å². The summed E-state index contributed by atoms with van der Waals surface area (Å²) in [5.74, 6) is 6.30. The highest BCUT2D eigenvalue weighted by molar-refractivity contribution is 5.50. The lowest BCUT2D eigenvalue weighted by Crippen LogP contribution is -2.42. The third-order valence-electron chi connectivity index (χ3n) is 5.00. The topological polar surface area (TPSA) is 54.8 Å². The van der Waals surface area contributed by atoms with Crippen molar-refractivity contribution in [2.45, 2.75) is 84.2 Å². The summed E-state index contributed by atoms with van der Waals surface area (Å²) in [5.41, 5.74) is 1.48. The van der Waals surface area contributed by atoms with E-state index in [1.807, 2.05) is 46.9 Å². The number of hydrogen-bond donors (Lipinski definition) is 1. The van der Waals surface area contributed by atoms with Crippen LogP contribution < -0.4 is 4.90 Å². The first kappa shape index (κ1) is 22.7. The van der Waals surface area contributed by atoms with Crippen LogP contribution in [0.1, 0.15) is 66.0 Å². The summed E-state index contributed by atoms with van der Waals surface area (Å²) in [6.45, 7) is 12.5. The zero-order chi connectivity index (χ0) is 20.6. The predicted octanol–water partition coefficient (Wildman–Crippen LogP) is 3.78. The molecule has 0 spiro atoms. The van der Waals surface area contributed by atoms with Crippen LogP contribution in [0.3, 0.4) is 0 Å². The van der Waals surface area contributed by atoms with Crippen molar-refractivity contribution in [1.82, 2.24) is 4.98 Å². The molecule has 0 radical (unpaired) electrons. The Hall–Kier alpha value is -1.61. The Balaban J connectivity index is 0.00000136. The highest BCUT2D eigenvalue weighted by atomic mass is 16.5. The van der Waals surface area contributed by atoms with Crippen LogP contribution in [0.5, 0.6) is 0 Å². The summed E-state index contributed by atoms with van der Waals surface area (Å²) in [7, 11) is 0. The molecule has 1 aliphatic heterocycles. The molecule has 3 rings (SSSR count). The first-order valence-corrected chi connectivity index (χ1v) is 10.7. The smallest absolute Gasteiger partial charge is 0.123 e. The largest absolute Gasteiger partial charge is 0.393 e. The van der Waals surface area contributed by atoms with Gasteiger partial charge in [-0.2, -0.15) is 0 Å². The van der Waals surface area contributed by atoms with Crippen LogP contribution in [-0.2, 0) is 9.47 Å². The van der Waals surface area contributed by atoms with Gasteiger partial charge in [-0.1, -0.05) is 19.8 Å². The monoisotopic (exact) mass is 388 g/mol. The molecule has 28 heavy (non-hydrogen) atoms. The van der Waals surface area contributed by atoms with Crippen LogP contribution in [-0.4, -0.2) is 53.7 Å². The fourth-order valence-electron chi connectivity index (χ4n) is 3.47. The van der Waals surface area contributed by atoms with Crippen LogP contribution in [0.4, 0.5) is 5.69 Å².